The van der Waals surface area contributed by atoms with Crippen LogP contribution in [-0.2, 0) is 11.3 Å². The highest BCUT2D eigenvalue weighted by molar-refractivity contribution is 5.51. The highest BCUT2D eigenvalue weighted by atomic mass is 16.5. The van der Waals surface area contributed by atoms with Crippen LogP contribution in [0.2, 0.25) is 0 Å². The minimum absolute atomic E-state index is 0.648. The molecule has 2 nitrogen and oxygen atoms in total. The van der Waals surface area contributed by atoms with Crippen LogP contribution in [0.25, 0.3) is 0 Å². The maximum atomic E-state index is 5.53. The summed E-state index contributed by atoms with van der Waals surface area (Å²) in [5.74, 6) is 0. The Kier molecular flexibility index (Phi) is 5.53. The molecule has 0 heterocycles. The Bertz CT molecular complexity index is 343. The van der Waals surface area contributed by atoms with Crippen molar-refractivity contribution in [1.29, 1.82) is 0 Å². The summed E-state index contributed by atoms with van der Waals surface area (Å²) in [4.78, 5) is 0. The minimum Gasteiger partial charge on any atom is -0.382 e. The standard InChI is InChI=1S/C16H25NO/c1-2-18-13-14-9-7-8-12-16(14)17-15-10-5-3-4-6-11-15/h7-9,12,15,17H,2-6,10-11,13H2,1H3. The van der Waals surface area contributed by atoms with Crippen molar-refractivity contribution in [1.82, 2.24) is 0 Å². The zero-order valence-electron chi connectivity index (χ0n) is 11.5. The fourth-order valence-electron chi connectivity index (χ4n) is 2.64. The Morgan fingerprint density at radius 3 is 2.56 bits per heavy atom. The van der Waals surface area contributed by atoms with Gasteiger partial charge in [-0.25, -0.2) is 0 Å². The summed E-state index contributed by atoms with van der Waals surface area (Å²) in [6.07, 6.45) is 8.15. The van der Waals surface area contributed by atoms with Gasteiger partial charge in [0.1, 0.15) is 0 Å². The predicted molar refractivity (Wildman–Crippen MR) is 76.9 cm³/mol. The molecule has 1 aromatic carbocycles. The molecule has 0 saturated heterocycles. The first kappa shape index (κ1) is 13.4. The second kappa shape index (κ2) is 7.42. The van der Waals surface area contributed by atoms with E-state index in [4.69, 9.17) is 4.74 Å². The first-order valence-corrected chi connectivity index (χ1v) is 7.32. The normalized spacial score (nSPS) is 17.4. The lowest BCUT2D eigenvalue weighted by atomic mass is 10.1. The van der Waals surface area contributed by atoms with Crippen LogP contribution < -0.4 is 5.32 Å². The second-order valence-electron chi connectivity index (χ2n) is 5.13. The molecule has 100 valence electrons. The maximum absolute atomic E-state index is 5.53. The van der Waals surface area contributed by atoms with Gasteiger partial charge in [0.25, 0.3) is 0 Å². The van der Waals surface area contributed by atoms with Crippen molar-refractivity contribution in [2.45, 2.75) is 58.1 Å². The average molecular weight is 247 g/mol. The minimum atomic E-state index is 0.648. The van der Waals surface area contributed by atoms with Gasteiger partial charge >= 0.3 is 0 Å². The molecule has 0 atom stereocenters. The first-order chi connectivity index (χ1) is 8.90. The van der Waals surface area contributed by atoms with Gasteiger partial charge < -0.3 is 10.1 Å². The monoisotopic (exact) mass is 247 g/mol. The quantitative estimate of drug-likeness (QED) is 0.781. The number of benzene rings is 1. The molecule has 0 radical (unpaired) electrons. The van der Waals surface area contributed by atoms with E-state index in [-0.39, 0.29) is 0 Å². The topological polar surface area (TPSA) is 21.3 Å². The summed E-state index contributed by atoms with van der Waals surface area (Å²) >= 11 is 0. The Labute approximate surface area is 111 Å². The molecule has 18 heavy (non-hydrogen) atoms. The first-order valence-electron chi connectivity index (χ1n) is 7.32. The molecule has 0 amide bonds. The molecule has 1 fully saturated rings. The predicted octanol–water partition coefficient (Wildman–Crippen LogP) is 4.36. The van der Waals surface area contributed by atoms with Crippen molar-refractivity contribution < 1.29 is 4.74 Å². The van der Waals surface area contributed by atoms with Crippen LogP contribution >= 0.6 is 0 Å². The van der Waals surface area contributed by atoms with E-state index in [0.717, 1.165) is 6.61 Å². The number of nitrogens with one attached hydrogen (secondary N) is 1. The van der Waals surface area contributed by atoms with Gasteiger partial charge in [-0.05, 0) is 25.8 Å². The van der Waals surface area contributed by atoms with E-state index in [2.05, 4.69) is 29.6 Å². The molecule has 2 heteroatoms. The van der Waals surface area contributed by atoms with E-state index >= 15 is 0 Å². The van der Waals surface area contributed by atoms with Crippen molar-refractivity contribution in [2.24, 2.45) is 0 Å². The molecular formula is C16H25NO. The molecule has 1 N–H and O–H groups in total. The van der Waals surface area contributed by atoms with Crippen LogP contribution in [0, 0.1) is 0 Å². The molecule has 0 spiro atoms. The van der Waals surface area contributed by atoms with E-state index in [1.807, 2.05) is 6.92 Å². The second-order valence-corrected chi connectivity index (χ2v) is 5.13. The molecule has 2 rings (SSSR count). The summed E-state index contributed by atoms with van der Waals surface area (Å²) in [6, 6.07) is 9.19. The smallest absolute Gasteiger partial charge is 0.0736 e. The van der Waals surface area contributed by atoms with E-state index in [1.165, 1.54) is 49.8 Å². The fourth-order valence-corrected chi connectivity index (χ4v) is 2.64. The number of rotatable bonds is 5. The third-order valence-corrected chi connectivity index (χ3v) is 3.69. The Morgan fingerprint density at radius 1 is 1.11 bits per heavy atom. The zero-order chi connectivity index (χ0) is 12.6. The van der Waals surface area contributed by atoms with Crippen molar-refractivity contribution >= 4 is 5.69 Å². The summed E-state index contributed by atoms with van der Waals surface area (Å²) in [5.41, 5.74) is 2.54. The summed E-state index contributed by atoms with van der Waals surface area (Å²) in [7, 11) is 0. The van der Waals surface area contributed by atoms with Crippen molar-refractivity contribution in [3.05, 3.63) is 29.8 Å². The Balaban J connectivity index is 1.98. The number of anilines is 1. The highest BCUT2D eigenvalue weighted by Gasteiger charge is 2.13. The van der Waals surface area contributed by atoms with Gasteiger partial charge in [0.15, 0.2) is 0 Å². The average Bonchev–Trinajstić information content (AvgIpc) is 2.66. The Morgan fingerprint density at radius 2 is 1.83 bits per heavy atom. The van der Waals surface area contributed by atoms with Gasteiger partial charge in [-0.3, -0.25) is 0 Å². The lowest BCUT2D eigenvalue weighted by Gasteiger charge is -2.20. The molecule has 1 aliphatic rings. The summed E-state index contributed by atoms with van der Waals surface area (Å²) < 4.78 is 5.53. The van der Waals surface area contributed by atoms with Crippen molar-refractivity contribution in [3.63, 3.8) is 0 Å². The van der Waals surface area contributed by atoms with E-state index in [0.29, 0.717) is 12.6 Å². The fraction of sp³-hybridized carbons (Fsp3) is 0.625. The maximum Gasteiger partial charge on any atom is 0.0736 e. The number of hydrogen-bond acceptors (Lipinski definition) is 2. The molecule has 0 aliphatic heterocycles. The van der Waals surface area contributed by atoms with Gasteiger partial charge in [-0.2, -0.15) is 0 Å². The highest BCUT2D eigenvalue weighted by Crippen LogP contribution is 2.23. The van der Waals surface area contributed by atoms with Gasteiger partial charge in [0.2, 0.25) is 0 Å². The SMILES string of the molecule is CCOCc1ccccc1NC1CCCCCC1. The third-order valence-electron chi connectivity index (χ3n) is 3.69. The zero-order valence-corrected chi connectivity index (χ0v) is 11.5. The van der Waals surface area contributed by atoms with E-state index in [1.54, 1.807) is 0 Å². The van der Waals surface area contributed by atoms with Gasteiger partial charge in [-0.1, -0.05) is 43.9 Å². The van der Waals surface area contributed by atoms with Gasteiger partial charge in [0, 0.05) is 23.9 Å². The number of ether oxygens (including phenoxy) is 1. The largest absolute Gasteiger partial charge is 0.382 e. The Hall–Kier alpha value is -1.02. The van der Waals surface area contributed by atoms with Gasteiger partial charge in [-0.15, -0.1) is 0 Å². The van der Waals surface area contributed by atoms with Crippen LogP contribution in [0.5, 0.6) is 0 Å². The number of hydrogen-bond donors (Lipinski definition) is 1. The molecule has 0 aromatic heterocycles. The van der Waals surface area contributed by atoms with Crippen molar-refractivity contribution in [3.8, 4) is 0 Å². The molecular weight excluding hydrogens is 222 g/mol. The summed E-state index contributed by atoms with van der Waals surface area (Å²) in [6.45, 7) is 3.53. The number of para-hydroxylation sites is 1. The van der Waals surface area contributed by atoms with Crippen LogP contribution in [0.3, 0.4) is 0 Å². The van der Waals surface area contributed by atoms with Crippen LogP contribution in [0.4, 0.5) is 5.69 Å². The molecule has 1 aromatic rings. The molecule has 0 unspecified atom stereocenters. The van der Waals surface area contributed by atoms with E-state index < -0.39 is 0 Å². The third kappa shape index (κ3) is 4.02. The lowest BCUT2D eigenvalue weighted by Crippen LogP contribution is -2.19. The summed E-state index contributed by atoms with van der Waals surface area (Å²) in [5, 5.41) is 3.72. The van der Waals surface area contributed by atoms with E-state index in [9.17, 15) is 0 Å². The van der Waals surface area contributed by atoms with Crippen LogP contribution in [0.1, 0.15) is 51.0 Å². The van der Waals surface area contributed by atoms with Gasteiger partial charge in [0.05, 0.1) is 6.61 Å². The van der Waals surface area contributed by atoms with Crippen molar-refractivity contribution in [2.75, 3.05) is 11.9 Å². The lowest BCUT2D eigenvalue weighted by molar-refractivity contribution is 0.134. The van der Waals surface area contributed by atoms with Crippen LogP contribution in [0.15, 0.2) is 24.3 Å². The molecule has 0 bridgehead atoms. The van der Waals surface area contributed by atoms with Crippen LogP contribution in [-0.4, -0.2) is 12.6 Å². The molecule has 1 saturated carbocycles. The molecule has 1 aliphatic carbocycles.